The monoisotopic (exact) mass is 249 g/mol. The van der Waals surface area contributed by atoms with Crippen molar-refractivity contribution in [3.8, 4) is 5.75 Å². The number of carbonyl (C=O) groups excluding carboxylic acids is 1. The summed E-state index contributed by atoms with van der Waals surface area (Å²) < 4.78 is 0. The van der Waals surface area contributed by atoms with Gasteiger partial charge in [0, 0.05) is 12.1 Å². The molecule has 5 heteroatoms. The van der Waals surface area contributed by atoms with Crippen LogP contribution in [0.2, 0.25) is 0 Å². The molecule has 1 amide bonds. The van der Waals surface area contributed by atoms with Crippen LogP contribution in [0.25, 0.3) is 0 Å². The minimum atomic E-state index is -0.961. The summed E-state index contributed by atoms with van der Waals surface area (Å²) in [5, 5.41) is 18.4. The fourth-order valence-corrected chi connectivity index (χ4v) is 2.31. The van der Waals surface area contributed by atoms with Crippen LogP contribution in [-0.4, -0.2) is 39.6 Å². The van der Waals surface area contributed by atoms with Crippen molar-refractivity contribution >= 4 is 11.9 Å². The molecule has 1 heterocycles. The SMILES string of the molecule is Cc1cc(O)ccc1C(=O)N1CCC[C@@H]1C(=O)O. The van der Waals surface area contributed by atoms with Crippen molar-refractivity contribution in [1.29, 1.82) is 0 Å². The molecule has 1 aromatic rings. The molecule has 0 saturated carbocycles. The molecule has 18 heavy (non-hydrogen) atoms. The van der Waals surface area contributed by atoms with E-state index in [2.05, 4.69) is 0 Å². The molecule has 1 aromatic carbocycles. The molecule has 2 N–H and O–H groups in total. The minimum absolute atomic E-state index is 0.0975. The van der Waals surface area contributed by atoms with Crippen molar-refractivity contribution in [2.45, 2.75) is 25.8 Å². The number of benzene rings is 1. The number of aryl methyl sites for hydroxylation is 1. The zero-order chi connectivity index (χ0) is 13.3. The molecule has 1 atom stereocenters. The second-order valence-electron chi connectivity index (χ2n) is 4.49. The number of hydrogen-bond donors (Lipinski definition) is 2. The second kappa shape index (κ2) is 4.68. The zero-order valence-corrected chi connectivity index (χ0v) is 10.1. The Balaban J connectivity index is 2.28. The van der Waals surface area contributed by atoms with Crippen LogP contribution in [0.5, 0.6) is 5.75 Å². The Morgan fingerprint density at radius 3 is 2.72 bits per heavy atom. The van der Waals surface area contributed by atoms with E-state index in [1.165, 1.54) is 23.1 Å². The number of carboxylic acids is 1. The number of nitrogens with zero attached hydrogens (tertiary/aromatic N) is 1. The predicted molar refractivity (Wildman–Crippen MR) is 64.5 cm³/mol. The maximum absolute atomic E-state index is 12.3. The lowest BCUT2D eigenvalue weighted by atomic mass is 10.1. The number of hydrogen-bond acceptors (Lipinski definition) is 3. The standard InChI is InChI=1S/C13H15NO4/c1-8-7-9(15)4-5-10(8)12(16)14-6-2-3-11(14)13(17)18/h4-5,7,11,15H,2-3,6H2,1H3,(H,17,18)/t11-/m1/s1. The number of likely N-dealkylation sites (tertiary alicyclic amines) is 1. The normalized spacial score (nSPS) is 18.9. The van der Waals surface area contributed by atoms with Gasteiger partial charge in [-0.3, -0.25) is 4.79 Å². The Kier molecular flexibility index (Phi) is 3.23. The fourth-order valence-electron chi connectivity index (χ4n) is 2.31. The van der Waals surface area contributed by atoms with Crippen LogP contribution in [0, 0.1) is 6.92 Å². The zero-order valence-electron chi connectivity index (χ0n) is 10.1. The summed E-state index contributed by atoms with van der Waals surface area (Å²) in [6.45, 7) is 2.19. The van der Waals surface area contributed by atoms with Gasteiger partial charge in [-0.25, -0.2) is 4.79 Å². The van der Waals surface area contributed by atoms with E-state index in [0.717, 1.165) is 0 Å². The average Bonchev–Trinajstić information content (AvgIpc) is 2.77. The summed E-state index contributed by atoms with van der Waals surface area (Å²) in [4.78, 5) is 24.7. The first-order valence-electron chi connectivity index (χ1n) is 5.84. The van der Waals surface area contributed by atoms with Crippen LogP contribution >= 0.6 is 0 Å². The molecule has 5 nitrogen and oxygen atoms in total. The number of carbonyl (C=O) groups is 2. The van der Waals surface area contributed by atoms with Gasteiger partial charge in [0.15, 0.2) is 0 Å². The lowest BCUT2D eigenvalue weighted by molar-refractivity contribution is -0.141. The van der Waals surface area contributed by atoms with E-state index in [1.54, 1.807) is 6.92 Å². The van der Waals surface area contributed by atoms with Crippen molar-refractivity contribution in [2.75, 3.05) is 6.54 Å². The summed E-state index contributed by atoms with van der Waals surface area (Å²) in [5.74, 6) is -1.14. The van der Waals surface area contributed by atoms with Crippen molar-refractivity contribution in [1.82, 2.24) is 4.90 Å². The molecule has 1 aliphatic rings. The van der Waals surface area contributed by atoms with Crippen LogP contribution in [0.1, 0.15) is 28.8 Å². The van der Waals surface area contributed by atoms with Crippen LogP contribution in [-0.2, 0) is 4.79 Å². The Bertz CT molecular complexity index is 498. The van der Waals surface area contributed by atoms with Gasteiger partial charge in [-0.05, 0) is 43.5 Å². The van der Waals surface area contributed by atoms with Gasteiger partial charge in [0.25, 0.3) is 5.91 Å². The molecule has 0 aromatic heterocycles. The van der Waals surface area contributed by atoms with E-state index in [0.29, 0.717) is 30.5 Å². The Labute approximate surface area is 105 Å². The maximum Gasteiger partial charge on any atom is 0.326 e. The molecule has 0 radical (unpaired) electrons. The van der Waals surface area contributed by atoms with E-state index < -0.39 is 12.0 Å². The van der Waals surface area contributed by atoms with E-state index in [-0.39, 0.29) is 11.7 Å². The summed E-state index contributed by atoms with van der Waals surface area (Å²) in [6.07, 6.45) is 1.21. The molecule has 0 unspecified atom stereocenters. The highest BCUT2D eigenvalue weighted by Gasteiger charge is 2.34. The highest BCUT2D eigenvalue weighted by atomic mass is 16.4. The van der Waals surface area contributed by atoms with Gasteiger partial charge in [-0.2, -0.15) is 0 Å². The first kappa shape index (κ1) is 12.4. The molecule has 1 saturated heterocycles. The minimum Gasteiger partial charge on any atom is -0.508 e. The summed E-state index contributed by atoms with van der Waals surface area (Å²) in [6, 6.07) is 3.74. The van der Waals surface area contributed by atoms with E-state index in [1.807, 2.05) is 0 Å². The predicted octanol–water partition coefficient (Wildman–Crippen LogP) is 1.39. The lowest BCUT2D eigenvalue weighted by Gasteiger charge is -2.22. The summed E-state index contributed by atoms with van der Waals surface area (Å²) in [5.41, 5.74) is 1.09. The number of amides is 1. The van der Waals surface area contributed by atoms with Crippen LogP contribution in [0.4, 0.5) is 0 Å². The van der Waals surface area contributed by atoms with Crippen LogP contribution in [0.15, 0.2) is 18.2 Å². The number of aromatic hydroxyl groups is 1. The number of phenols is 1. The molecule has 1 fully saturated rings. The third-order valence-corrected chi connectivity index (χ3v) is 3.24. The van der Waals surface area contributed by atoms with Gasteiger partial charge >= 0.3 is 5.97 Å². The van der Waals surface area contributed by atoms with Crippen molar-refractivity contribution in [2.24, 2.45) is 0 Å². The Morgan fingerprint density at radius 1 is 1.39 bits per heavy atom. The third kappa shape index (κ3) is 2.16. The van der Waals surface area contributed by atoms with Gasteiger partial charge in [-0.15, -0.1) is 0 Å². The molecule has 96 valence electrons. The second-order valence-corrected chi connectivity index (χ2v) is 4.49. The topological polar surface area (TPSA) is 77.8 Å². The average molecular weight is 249 g/mol. The van der Waals surface area contributed by atoms with Crippen LogP contribution in [0.3, 0.4) is 0 Å². The maximum atomic E-state index is 12.3. The van der Waals surface area contributed by atoms with Crippen LogP contribution < -0.4 is 0 Å². The molecule has 0 aliphatic carbocycles. The van der Waals surface area contributed by atoms with E-state index in [4.69, 9.17) is 5.11 Å². The molecule has 0 spiro atoms. The lowest BCUT2D eigenvalue weighted by Crippen LogP contribution is -2.40. The third-order valence-electron chi connectivity index (χ3n) is 3.24. The number of aliphatic carboxylic acids is 1. The smallest absolute Gasteiger partial charge is 0.326 e. The summed E-state index contributed by atoms with van der Waals surface area (Å²) in [7, 11) is 0. The highest BCUT2D eigenvalue weighted by molar-refractivity contribution is 5.98. The molecule has 1 aliphatic heterocycles. The van der Waals surface area contributed by atoms with E-state index >= 15 is 0 Å². The van der Waals surface area contributed by atoms with Crippen molar-refractivity contribution in [3.63, 3.8) is 0 Å². The Hall–Kier alpha value is -2.04. The number of phenolic OH excluding ortho intramolecular Hbond substituents is 1. The Morgan fingerprint density at radius 2 is 2.11 bits per heavy atom. The first-order valence-corrected chi connectivity index (χ1v) is 5.84. The van der Waals surface area contributed by atoms with Gasteiger partial charge in [0.2, 0.25) is 0 Å². The first-order chi connectivity index (χ1) is 8.50. The highest BCUT2D eigenvalue weighted by Crippen LogP contribution is 2.23. The molecule has 2 rings (SSSR count). The summed E-state index contributed by atoms with van der Waals surface area (Å²) >= 11 is 0. The largest absolute Gasteiger partial charge is 0.508 e. The van der Waals surface area contributed by atoms with Gasteiger partial charge in [0.1, 0.15) is 11.8 Å². The fraction of sp³-hybridized carbons (Fsp3) is 0.385. The van der Waals surface area contributed by atoms with Crippen molar-refractivity contribution in [3.05, 3.63) is 29.3 Å². The van der Waals surface area contributed by atoms with Gasteiger partial charge in [0.05, 0.1) is 0 Å². The molecular formula is C13H15NO4. The van der Waals surface area contributed by atoms with Gasteiger partial charge < -0.3 is 15.1 Å². The quantitative estimate of drug-likeness (QED) is 0.830. The molecule has 0 bridgehead atoms. The number of carboxylic acid groups (broad SMARTS) is 1. The number of rotatable bonds is 2. The van der Waals surface area contributed by atoms with Crippen molar-refractivity contribution < 1.29 is 19.8 Å². The molecular weight excluding hydrogens is 234 g/mol. The van der Waals surface area contributed by atoms with E-state index in [9.17, 15) is 14.7 Å². The van der Waals surface area contributed by atoms with Gasteiger partial charge in [-0.1, -0.05) is 0 Å².